The number of fused-ring (bicyclic) bond motifs is 3. The number of aryl methyl sites for hydroxylation is 1. The molecule has 0 saturated heterocycles. The van der Waals surface area contributed by atoms with Crippen LogP contribution in [-0.4, -0.2) is 42.8 Å². The Morgan fingerprint density at radius 3 is 2.74 bits per heavy atom. The number of phenols is 1. The van der Waals surface area contributed by atoms with Gasteiger partial charge in [-0.15, -0.1) is 0 Å². The van der Waals surface area contributed by atoms with E-state index in [0.717, 1.165) is 16.7 Å². The highest BCUT2D eigenvalue weighted by Crippen LogP contribution is 2.37. The molecule has 2 aromatic carbocycles. The SMILES string of the molecule is Cc1cncc(-c2nc(NCCc3ccc(O)c(-c4cccc(F)c4)c3)c3nc4n(c3n2)C(C)(C)CO4)c1. The smallest absolute Gasteiger partial charge is 0.299 e. The molecule has 0 fully saturated rings. The van der Waals surface area contributed by atoms with Crippen LogP contribution in [0.4, 0.5) is 10.2 Å². The Balaban J connectivity index is 1.33. The van der Waals surface area contributed by atoms with Crippen molar-refractivity contribution in [3.63, 3.8) is 0 Å². The number of hydrogen-bond acceptors (Lipinski definition) is 7. The van der Waals surface area contributed by atoms with Gasteiger partial charge in [0.2, 0.25) is 0 Å². The summed E-state index contributed by atoms with van der Waals surface area (Å²) in [6.07, 6.45) is 4.20. The minimum absolute atomic E-state index is 0.108. The summed E-state index contributed by atoms with van der Waals surface area (Å²) >= 11 is 0. The van der Waals surface area contributed by atoms with Gasteiger partial charge in [0.1, 0.15) is 18.2 Å². The lowest BCUT2D eigenvalue weighted by Gasteiger charge is -2.18. The first-order chi connectivity index (χ1) is 18.3. The maximum atomic E-state index is 13.8. The third-order valence-electron chi connectivity index (χ3n) is 6.67. The number of phenolic OH excluding ortho intramolecular Hbond substituents is 1. The Bertz CT molecular complexity index is 1680. The fraction of sp³-hybridized carbons (Fsp3) is 0.241. The molecule has 38 heavy (non-hydrogen) atoms. The molecule has 0 aliphatic carbocycles. The summed E-state index contributed by atoms with van der Waals surface area (Å²) in [6.45, 7) is 7.24. The Hall–Kier alpha value is -4.53. The predicted molar refractivity (Wildman–Crippen MR) is 144 cm³/mol. The molecule has 3 aromatic heterocycles. The second kappa shape index (κ2) is 9.09. The molecule has 0 radical (unpaired) electrons. The van der Waals surface area contributed by atoms with Crippen molar-refractivity contribution in [2.45, 2.75) is 32.7 Å². The van der Waals surface area contributed by atoms with Crippen molar-refractivity contribution in [3.05, 3.63) is 77.9 Å². The highest BCUT2D eigenvalue weighted by Gasteiger charge is 2.36. The zero-order chi connectivity index (χ0) is 26.4. The van der Waals surface area contributed by atoms with E-state index in [0.29, 0.717) is 59.5 Å². The molecule has 4 heterocycles. The minimum atomic E-state index is -0.347. The lowest BCUT2D eigenvalue weighted by molar-refractivity contribution is 0.268. The minimum Gasteiger partial charge on any atom is -0.507 e. The third kappa shape index (κ3) is 4.30. The highest BCUT2D eigenvalue weighted by molar-refractivity contribution is 5.86. The largest absolute Gasteiger partial charge is 0.507 e. The van der Waals surface area contributed by atoms with Crippen molar-refractivity contribution >= 4 is 17.0 Å². The van der Waals surface area contributed by atoms with E-state index in [1.165, 1.54) is 12.1 Å². The number of pyridine rings is 1. The molecule has 5 aromatic rings. The number of anilines is 1. The molecule has 6 rings (SSSR count). The number of imidazole rings is 1. The number of hydrogen-bond donors (Lipinski definition) is 2. The van der Waals surface area contributed by atoms with Gasteiger partial charge in [-0.3, -0.25) is 9.55 Å². The summed E-state index contributed by atoms with van der Waals surface area (Å²) in [7, 11) is 0. The van der Waals surface area contributed by atoms with E-state index in [1.807, 2.05) is 29.7 Å². The summed E-state index contributed by atoms with van der Waals surface area (Å²) in [5, 5.41) is 13.8. The fourth-order valence-corrected chi connectivity index (χ4v) is 4.77. The van der Waals surface area contributed by atoms with E-state index in [1.54, 1.807) is 30.6 Å². The molecule has 0 bridgehead atoms. The molecule has 192 valence electrons. The van der Waals surface area contributed by atoms with E-state index in [4.69, 9.17) is 19.7 Å². The van der Waals surface area contributed by atoms with Gasteiger partial charge < -0.3 is 15.2 Å². The van der Waals surface area contributed by atoms with Gasteiger partial charge in [-0.1, -0.05) is 18.2 Å². The number of nitrogens with zero attached hydrogens (tertiary/aromatic N) is 5. The molecule has 0 saturated carbocycles. The maximum Gasteiger partial charge on any atom is 0.299 e. The first-order valence-corrected chi connectivity index (χ1v) is 12.5. The Morgan fingerprint density at radius 2 is 1.92 bits per heavy atom. The van der Waals surface area contributed by atoms with Gasteiger partial charge >= 0.3 is 0 Å². The summed E-state index contributed by atoms with van der Waals surface area (Å²) in [5.74, 6) is 0.924. The summed E-state index contributed by atoms with van der Waals surface area (Å²) in [5.41, 5.74) is 5.09. The van der Waals surface area contributed by atoms with Crippen molar-refractivity contribution in [1.82, 2.24) is 24.5 Å². The molecule has 8 nitrogen and oxygen atoms in total. The van der Waals surface area contributed by atoms with Crippen LogP contribution in [0.5, 0.6) is 11.8 Å². The van der Waals surface area contributed by atoms with Crippen molar-refractivity contribution in [2.24, 2.45) is 0 Å². The second-order valence-corrected chi connectivity index (χ2v) is 10.2. The number of nitrogens with one attached hydrogen (secondary N) is 1. The second-order valence-electron chi connectivity index (χ2n) is 10.2. The van der Waals surface area contributed by atoms with Crippen LogP contribution in [-0.2, 0) is 12.0 Å². The average Bonchev–Trinajstić information content (AvgIpc) is 3.42. The standard InChI is InChI=1S/C29H27FN6O2/c1-17-11-20(15-31-14-17)25-34-26(24-27(35-25)36-28(33-24)38-16-29(36,2)3)32-10-9-18-7-8-23(37)22(12-18)19-5-4-6-21(30)13-19/h4-8,11-15,37H,9-10,16H2,1-3H3,(H,32,34,35). The molecule has 1 aliphatic heterocycles. The van der Waals surface area contributed by atoms with E-state index >= 15 is 0 Å². The molecule has 0 unspecified atom stereocenters. The summed E-state index contributed by atoms with van der Waals surface area (Å²) in [6, 6.07) is 14.1. The lowest BCUT2D eigenvalue weighted by atomic mass is 10.0. The first kappa shape index (κ1) is 23.8. The summed E-state index contributed by atoms with van der Waals surface area (Å²) < 4.78 is 21.6. The zero-order valence-electron chi connectivity index (χ0n) is 21.4. The van der Waals surface area contributed by atoms with E-state index in [-0.39, 0.29) is 17.1 Å². The van der Waals surface area contributed by atoms with Gasteiger partial charge in [0, 0.05) is 30.1 Å². The van der Waals surface area contributed by atoms with Crippen molar-refractivity contribution in [2.75, 3.05) is 18.5 Å². The molecule has 0 spiro atoms. The quantitative estimate of drug-likeness (QED) is 0.312. The van der Waals surface area contributed by atoms with Crippen LogP contribution in [0.1, 0.15) is 25.0 Å². The Morgan fingerprint density at radius 1 is 1.05 bits per heavy atom. The van der Waals surface area contributed by atoms with Crippen LogP contribution >= 0.6 is 0 Å². The number of benzene rings is 2. The number of halogens is 1. The lowest BCUT2D eigenvalue weighted by Crippen LogP contribution is -2.25. The predicted octanol–water partition coefficient (Wildman–Crippen LogP) is 5.49. The first-order valence-electron chi connectivity index (χ1n) is 12.5. The van der Waals surface area contributed by atoms with Crippen molar-refractivity contribution < 1.29 is 14.2 Å². The summed E-state index contributed by atoms with van der Waals surface area (Å²) in [4.78, 5) is 18.7. The third-order valence-corrected chi connectivity index (χ3v) is 6.67. The highest BCUT2D eigenvalue weighted by atomic mass is 19.1. The van der Waals surface area contributed by atoms with E-state index in [9.17, 15) is 9.50 Å². The van der Waals surface area contributed by atoms with Crippen LogP contribution in [0, 0.1) is 12.7 Å². The monoisotopic (exact) mass is 510 g/mol. The van der Waals surface area contributed by atoms with Gasteiger partial charge in [-0.25, -0.2) is 14.4 Å². The zero-order valence-corrected chi connectivity index (χ0v) is 21.4. The van der Waals surface area contributed by atoms with Gasteiger partial charge in [0.05, 0.1) is 5.54 Å². The molecule has 0 amide bonds. The van der Waals surface area contributed by atoms with E-state index < -0.39 is 0 Å². The van der Waals surface area contributed by atoms with Gasteiger partial charge in [0.25, 0.3) is 6.01 Å². The number of rotatable bonds is 6. The molecule has 1 aliphatic rings. The topological polar surface area (TPSA) is 98.0 Å². The molecule has 9 heteroatoms. The van der Waals surface area contributed by atoms with Crippen molar-refractivity contribution in [1.29, 1.82) is 0 Å². The van der Waals surface area contributed by atoms with Gasteiger partial charge in [0.15, 0.2) is 22.8 Å². The number of aromatic nitrogens is 5. The molecule has 2 N–H and O–H groups in total. The molecule has 0 atom stereocenters. The fourth-order valence-electron chi connectivity index (χ4n) is 4.77. The Labute approximate surface area is 219 Å². The van der Waals surface area contributed by atoms with Crippen LogP contribution in [0.15, 0.2) is 60.9 Å². The Kier molecular flexibility index (Phi) is 5.71. The van der Waals surface area contributed by atoms with Crippen LogP contribution in [0.3, 0.4) is 0 Å². The van der Waals surface area contributed by atoms with Gasteiger partial charge in [-0.05, 0) is 74.2 Å². The van der Waals surface area contributed by atoms with Gasteiger partial charge in [-0.2, -0.15) is 4.98 Å². The van der Waals surface area contributed by atoms with Crippen LogP contribution in [0.2, 0.25) is 0 Å². The number of aromatic hydroxyl groups is 1. The number of ether oxygens (including phenoxy) is 1. The van der Waals surface area contributed by atoms with Crippen LogP contribution < -0.4 is 10.1 Å². The van der Waals surface area contributed by atoms with Crippen LogP contribution in [0.25, 0.3) is 33.7 Å². The maximum absolute atomic E-state index is 13.8. The molecular formula is C29H27FN6O2. The van der Waals surface area contributed by atoms with Crippen molar-refractivity contribution in [3.8, 4) is 34.3 Å². The molecular weight excluding hydrogens is 483 g/mol. The van der Waals surface area contributed by atoms with E-state index in [2.05, 4.69) is 24.1 Å². The normalized spacial score (nSPS) is 13.9. The average molecular weight is 511 g/mol.